The molecule has 2 heterocycles. The highest BCUT2D eigenvalue weighted by Crippen LogP contribution is 2.49. The van der Waals surface area contributed by atoms with Gasteiger partial charge in [0.1, 0.15) is 18.3 Å². The van der Waals surface area contributed by atoms with E-state index in [-0.39, 0.29) is 30.1 Å². The van der Waals surface area contributed by atoms with Crippen molar-refractivity contribution in [2.45, 2.75) is 75.8 Å². The molecule has 0 aromatic heterocycles. The molecule has 0 saturated carbocycles. The third-order valence-electron chi connectivity index (χ3n) is 10.5. The zero-order valence-corrected chi connectivity index (χ0v) is 30.2. The number of ether oxygens (including phenoxy) is 1. The predicted molar refractivity (Wildman–Crippen MR) is 202 cm³/mol. The van der Waals surface area contributed by atoms with E-state index in [9.17, 15) is 9.59 Å². The van der Waals surface area contributed by atoms with Gasteiger partial charge in [-0.15, -0.1) is 12.4 Å². The van der Waals surface area contributed by atoms with Gasteiger partial charge in [-0.1, -0.05) is 121 Å². The normalized spacial score (nSPS) is 20.1. The van der Waals surface area contributed by atoms with Crippen LogP contribution in [0.25, 0.3) is 0 Å². The van der Waals surface area contributed by atoms with Crippen LogP contribution in [0.4, 0.5) is 0 Å². The Bertz CT molecular complexity index is 1630. The van der Waals surface area contributed by atoms with Crippen LogP contribution in [0.5, 0.6) is 0 Å². The Kier molecular flexibility index (Phi) is 13.0. The van der Waals surface area contributed by atoms with E-state index >= 15 is 4.79 Å². The molecule has 2 unspecified atom stereocenters. The van der Waals surface area contributed by atoms with E-state index < -0.39 is 35.8 Å². The Labute approximate surface area is 307 Å². The van der Waals surface area contributed by atoms with Gasteiger partial charge in [0, 0.05) is 18.3 Å². The number of fused-ring (bicyclic) bond motifs is 1. The number of likely N-dealkylation sites (N-methyl/N-ethyl adjacent to an activating group) is 1. The molecular formula is C42H49ClN4O4. The first-order valence-electron chi connectivity index (χ1n) is 17.8. The summed E-state index contributed by atoms with van der Waals surface area (Å²) >= 11 is 0. The molecule has 51 heavy (non-hydrogen) atoms. The van der Waals surface area contributed by atoms with Crippen molar-refractivity contribution in [2.24, 2.45) is 5.41 Å². The number of benzene rings is 4. The molecule has 0 bridgehead atoms. The minimum atomic E-state index is -0.832. The van der Waals surface area contributed by atoms with Crippen molar-refractivity contribution in [3.05, 3.63) is 144 Å². The first-order chi connectivity index (χ1) is 24.4. The van der Waals surface area contributed by atoms with E-state index in [1.165, 1.54) is 11.1 Å². The third kappa shape index (κ3) is 8.87. The lowest BCUT2D eigenvalue weighted by Gasteiger charge is -2.39. The molecule has 0 radical (unpaired) electrons. The van der Waals surface area contributed by atoms with Gasteiger partial charge in [0.15, 0.2) is 0 Å². The number of hydrogen-bond donors (Lipinski definition) is 3. The average molecular weight is 709 g/mol. The van der Waals surface area contributed by atoms with Crippen molar-refractivity contribution in [2.75, 3.05) is 13.7 Å². The SMILES string of the molecule is CN[C@@H](C)C(=O)N[C@H]1CCOC2CC(CCc3ccccc3)(CCc3ccccc3)C(C(=O)NC(c3ccccc3)c3ccccc3)N2C1=O.Cl. The molecule has 4 aromatic rings. The fourth-order valence-corrected chi connectivity index (χ4v) is 7.57. The van der Waals surface area contributed by atoms with Crippen molar-refractivity contribution in [3.63, 3.8) is 0 Å². The average Bonchev–Trinajstić information content (AvgIpc) is 3.42. The molecule has 4 aromatic carbocycles. The summed E-state index contributed by atoms with van der Waals surface area (Å²) in [5, 5.41) is 9.33. The van der Waals surface area contributed by atoms with Gasteiger partial charge in [-0.3, -0.25) is 14.4 Å². The van der Waals surface area contributed by atoms with Gasteiger partial charge in [0.25, 0.3) is 0 Å². The van der Waals surface area contributed by atoms with Crippen LogP contribution < -0.4 is 16.0 Å². The molecule has 4 atom stereocenters. The second-order valence-corrected chi connectivity index (χ2v) is 13.6. The van der Waals surface area contributed by atoms with Gasteiger partial charge in [0.2, 0.25) is 17.7 Å². The second kappa shape index (κ2) is 17.6. The summed E-state index contributed by atoms with van der Waals surface area (Å²) < 4.78 is 6.47. The number of nitrogens with one attached hydrogen (secondary N) is 3. The number of nitrogens with zero attached hydrogens (tertiary/aromatic N) is 1. The molecule has 0 spiro atoms. The van der Waals surface area contributed by atoms with Gasteiger partial charge in [0.05, 0.1) is 18.7 Å². The molecule has 6 rings (SSSR count). The van der Waals surface area contributed by atoms with Gasteiger partial charge in [-0.2, -0.15) is 0 Å². The zero-order chi connectivity index (χ0) is 34.9. The minimum Gasteiger partial charge on any atom is -0.358 e. The van der Waals surface area contributed by atoms with Crippen LogP contribution >= 0.6 is 12.4 Å². The summed E-state index contributed by atoms with van der Waals surface area (Å²) in [6.45, 7) is 2.05. The molecule has 3 amide bonds. The van der Waals surface area contributed by atoms with E-state index in [4.69, 9.17) is 4.74 Å². The van der Waals surface area contributed by atoms with Crippen LogP contribution in [-0.2, 0) is 32.0 Å². The summed E-state index contributed by atoms with van der Waals surface area (Å²) in [7, 11) is 1.71. The maximum absolute atomic E-state index is 15.2. The third-order valence-corrected chi connectivity index (χ3v) is 10.5. The van der Waals surface area contributed by atoms with Crippen molar-refractivity contribution >= 4 is 30.1 Å². The monoisotopic (exact) mass is 708 g/mol. The Morgan fingerprint density at radius 1 is 0.804 bits per heavy atom. The number of halogens is 1. The van der Waals surface area contributed by atoms with Gasteiger partial charge in [-0.25, -0.2) is 0 Å². The molecule has 3 N–H and O–H groups in total. The van der Waals surface area contributed by atoms with E-state index in [0.717, 1.165) is 24.0 Å². The zero-order valence-electron chi connectivity index (χ0n) is 29.4. The second-order valence-electron chi connectivity index (χ2n) is 13.6. The number of amides is 3. The molecule has 9 heteroatoms. The largest absolute Gasteiger partial charge is 0.358 e. The predicted octanol–water partition coefficient (Wildman–Crippen LogP) is 6.01. The fraction of sp³-hybridized carbons (Fsp3) is 0.357. The van der Waals surface area contributed by atoms with E-state index in [1.807, 2.05) is 97.1 Å². The standard InChI is InChI=1S/C42H48N4O4.ClH/c1-30(43-2)39(47)44-35-25-28-50-36-29-42(26-23-31-15-7-3-8-16-31,27-24-32-17-9-4-10-18-32)38(46(36)41(35)49)40(48)45-37(33-19-11-5-12-20-33)34-21-13-6-14-22-34;/h3-22,30,35-38,43H,23-29H2,1-2H3,(H,44,47)(H,45,48);1H/t30-,35-,36?,38?;/m0./s1. The van der Waals surface area contributed by atoms with E-state index in [0.29, 0.717) is 32.3 Å². The van der Waals surface area contributed by atoms with Crippen molar-refractivity contribution in [1.82, 2.24) is 20.9 Å². The lowest BCUT2D eigenvalue weighted by atomic mass is 9.71. The Morgan fingerprint density at radius 2 is 1.29 bits per heavy atom. The number of hydrogen-bond acceptors (Lipinski definition) is 5. The molecule has 2 aliphatic heterocycles. The van der Waals surface area contributed by atoms with E-state index in [2.05, 4.69) is 40.2 Å². The molecule has 2 aliphatic rings. The van der Waals surface area contributed by atoms with Gasteiger partial charge >= 0.3 is 0 Å². The first-order valence-corrected chi connectivity index (χ1v) is 17.8. The highest BCUT2D eigenvalue weighted by Gasteiger charge is 2.58. The maximum atomic E-state index is 15.2. The maximum Gasteiger partial charge on any atom is 0.247 e. The minimum absolute atomic E-state index is 0. The Morgan fingerprint density at radius 3 is 1.78 bits per heavy atom. The Balaban J connectivity index is 0.00000504. The topological polar surface area (TPSA) is 99.8 Å². The summed E-state index contributed by atoms with van der Waals surface area (Å²) in [4.78, 5) is 44.6. The van der Waals surface area contributed by atoms with Crippen LogP contribution in [0.1, 0.15) is 60.9 Å². The highest BCUT2D eigenvalue weighted by molar-refractivity contribution is 5.94. The number of carbonyl (C=O) groups excluding carboxylic acids is 3. The summed E-state index contributed by atoms with van der Waals surface area (Å²) in [6.07, 6.45) is 3.11. The van der Waals surface area contributed by atoms with Crippen molar-refractivity contribution < 1.29 is 19.1 Å². The lowest BCUT2D eigenvalue weighted by molar-refractivity contribution is -0.150. The summed E-state index contributed by atoms with van der Waals surface area (Å²) in [5.41, 5.74) is 3.64. The molecular weight excluding hydrogens is 660 g/mol. The molecule has 2 fully saturated rings. The van der Waals surface area contributed by atoms with Crippen molar-refractivity contribution in [1.29, 1.82) is 0 Å². The highest BCUT2D eigenvalue weighted by atomic mass is 35.5. The van der Waals surface area contributed by atoms with Crippen LogP contribution in [0, 0.1) is 5.41 Å². The van der Waals surface area contributed by atoms with Crippen LogP contribution in [0.2, 0.25) is 0 Å². The lowest BCUT2D eigenvalue weighted by Crippen LogP contribution is -2.59. The van der Waals surface area contributed by atoms with Crippen LogP contribution in [0.3, 0.4) is 0 Å². The van der Waals surface area contributed by atoms with Gasteiger partial charge < -0.3 is 25.6 Å². The molecule has 0 aliphatic carbocycles. The van der Waals surface area contributed by atoms with Gasteiger partial charge in [-0.05, 0) is 61.9 Å². The summed E-state index contributed by atoms with van der Waals surface area (Å²) in [6, 6.07) is 37.9. The summed E-state index contributed by atoms with van der Waals surface area (Å²) in [5.74, 6) is -0.766. The first kappa shape index (κ1) is 37.7. The van der Waals surface area contributed by atoms with Crippen molar-refractivity contribution in [3.8, 4) is 0 Å². The number of carbonyl (C=O) groups is 3. The van der Waals surface area contributed by atoms with E-state index in [1.54, 1.807) is 18.9 Å². The Hall–Kier alpha value is -4.50. The number of rotatable bonds is 13. The van der Waals surface area contributed by atoms with Crippen LogP contribution in [0.15, 0.2) is 121 Å². The van der Waals surface area contributed by atoms with Crippen LogP contribution in [-0.4, -0.2) is 60.6 Å². The number of aryl methyl sites for hydroxylation is 2. The molecule has 8 nitrogen and oxygen atoms in total. The smallest absolute Gasteiger partial charge is 0.247 e. The quantitative estimate of drug-likeness (QED) is 0.158. The fourth-order valence-electron chi connectivity index (χ4n) is 7.57. The molecule has 268 valence electrons. The molecule has 2 saturated heterocycles.